The number of carbonyl (C=O) groups excluding carboxylic acids is 1. The van der Waals surface area contributed by atoms with Gasteiger partial charge in [0.1, 0.15) is 0 Å². The summed E-state index contributed by atoms with van der Waals surface area (Å²) in [5.74, 6) is 0.151. The number of halogens is 2. The van der Waals surface area contributed by atoms with Gasteiger partial charge in [-0.3, -0.25) is 4.79 Å². The molecule has 0 unspecified atom stereocenters. The molecule has 1 aliphatic rings. The second kappa shape index (κ2) is 6.41. The summed E-state index contributed by atoms with van der Waals surface area (Å²) in [4.78, 5) is 11.2. The van der Waals surface area contributed by atoms with Crippen LogP contribution in [0.5, 0.6) is 0 Å². The lowest BCUT2D eigenvalue weighted by Gasteiger charge is -2.23. The highest BCUT2D eigenvalue weighted by Crippen LogP contribution is 2.20. The summed E-state index contributed by atoms with van der Waals surface area (Å²) in [6.07, 6.45) is 2.66. The molecule has 2 rings (SSSR count). The van der Waals surface area contributed by atoms with Crippen LogP contribution >= 0.6 is 23.2 Å². The first-order chi connectivity index (χ1) is 8.65. The maximum absolute atomic E-state index is 11.2. The number of rotatable bonds is 4. The molecule has 1 aliphatic heterocycles. The Balaban J connectivity index is 1.79. The zero-order valence-electron chi connectivity index (χ0n) is 10.0. The van der Waals surface area contributed by atoms with E-state index in [1.807, 2.05) is 12.1 Å². The minimum absolute atomic E-state index is 0.151. The van der Waals surface area contributed by atoms with Gasteiger partial charge < -0.3 is 10.6 Å². The molecule has 0 aliphatic carbocycles. The number of nitrogens with one attached hydrogen (secondary N) is 2. The Morgan fingerprint density at radius 1 is 1.39 bits per heavy atom. The summed E-state index contributed by atoms with van der Waals surface area (Å²) in [6.45, 7) is 1.45. The highest BCUT2D eigenvalue weighted by atomic mass is 35.5. The van der Waals surface area contributed by atoms with E-state index in [1.165, 1.54) is 0 Å². The Bertz CT molecular complexity index is 437. The lowest BCUT2D eigenvalue weighted by Crippen LogP contribution is -2.44. The van der Waals surface area contributed by atoms with Crippen LogP contribution in [0, 0.1) is 0 Å². The normalized spacial score (nSPS) is 19.7. The van der Waals surface area contributed by atoms with E-state index in [1.54, 1.807) is 6.07 Å². The van der Waals surface area contributed by atoms with Gasteiger partial charge >= 0.3 is 0 Å². The molecule has 1 aromatic carbocycles. The fraction of sp³-hybridized carbons (Fsp3) is 0.462. The third-order valence-corrected chi connectivity index (χ3v) is 3.63. The molecule has 0 spiro atoms. The molecule has 0 aromatic heterocycles. The first-order valence-electron chi connectivity index (χ1n) is 6.09. The van der Waals surface area contributed by atoms with Gasteiger partial charge in [-0.25, -0.2) is 0 Å². The van der Waals surface area contributed by atoms with Gasteiger partial charge in [0.2, 0.25) is 5.91 Å². The summed E-state index contributed by atoms with van der Waals surface area (Å²) in [5.41, 5.74) is 1.02. The smallest absolute Gasteiger partial charge is 0.220 e. The molecule has 18 heavy (non-hydrogen) atoms. The minimum Gasteiger partial charge on any atom is -0.352 e. The second-order valence-corrected chi connectivity index (χ2v) is 5.37. The topological polar surface area (TPSA) is 41.1 Å². The van der Waals surface area contributed by atoms with E-state index in [0.717, 1.165) is 24.9 Å². The number of hydrogen-bond acceptors (Lipinski definition) is 2. The van der Waals surface area contributed by atoms with Crippen molar-refractivity contribution in [2.45, 2.75) is 31.8 Å². The van der Waals surface area contributed by atoms with E-state index in [-0.39, 0.29) is 11.9 Å². The van der Waals surface area contributed by atoms with Crippen LogP contribution in [0.1, 0.15) is 24.8 Å². The Morgan fingerprint density at radius 2 is 2.22 bits per heavy atom. The van der Waals surface area contributed by atoms with Crippen molar-refractivity contribution >= 4 is 29.1 Å². The molecular weight excluding hydrogens is 271 g/mol. The zero-order chi connectivity index (χ0) is 13.0. The van der Waals surface area contributed by atoms with Crippen LogP contribution in [0.15, 0.2) is 18.2 Å². The van der Waals surface area contributed by atoms with Crippen LogP contribution in [-0.2, 0) is 11.3 Å². The molecule has 5 heteroatoms. The standard InChI is InChI=1S/C13H16Cl2N2O/c14-10-5-4-9(12(15)6-10)7-16-8-11-2-1-3-13(18)17-11/h4-6,11,16H,1-3,7-8H2,(H,17,18)/t11-/m1/s1. The van der Waals surface area contributed by atoms with Gasteiger partial charge in [0.15, 0.2) is 0 Å². The first kappa shape index (κ1) is 13.7. The van der Waals surface area contributed by atoms with Crippen LogP contribution in [-0.4, -0.2) is 18.5 Å². The third-order valence-electron chi connectivity index (χ3n) is 3.04. The van der Waals surface area contributed by atoms with Crippen LogP contribution in [0.4, 0.5) is 0 Å². The van der Waals surface area contributed by atoms with Crippen molar-refractivity contribution in [3.05, 3.63) is 33.8 Å². The van der Waals surface area contributed by atoms with Gasteiger partial charge in [0.25, 0.3) is 0 Å². The number of amides is 1. The second-order valence-electron chi connectivity index (χ2n) is 4.52. The number of hydrogen-bond donors (Lipinski definition) is 2. The molecule has 98 valence electrons. The summed E-state index contributed by atoms with van der Waals surface area (Å²) < 4.78 is 0. The predicted octanol–water partition coefficient (Wildman–Crippen LogP) is 2.75. The zero-order valence-corrected chi connectivity index (χ0v) is 11.5. The van der Waals surface area contributed by atoms with E-state index >= 15 is 0 Å². The van der Waals surface area contributed by atoms with Crippen molar-refractivity contribution < 1.29 is 4.79 Å². The third kappa shape index (κ3) is 3.87. The van der Waals surface area contributed by atoms with Gasteiger partial charge in [-0.1, -0.05) is 29.3 Å². The van der Waals surface area contributed by atoms with Crippen LogP contribution in [0.25, 0.3) is 0 Å². The lowest BCUT2D eigenvalue weighted by molar-refractivity contribution is -0.123. The highest BCUT2D eigenvalue weighted by Gasteiger charge is 2.17. The average molecular weight is 287 g/mol. The van der Waals surface area contributed by atoms with Gasteiger partial charge in [-0.05, 0) is 30.5 Å². The summed E-state index contributed by atoms with van der Waals surface area (Å²) in [5, 5.41) is 7.59. The first-order valence-corrected chi connectivity index (χ1v) is 6.85. The van der Waals surface area contributed by atoms with E-state index in [4.69, 9.17) is 23.2 Å². The number of carbonyl (C=O) groups is 1. The van der Waals surface area contributed by atoms with Crippen molar-refractivity contribution in [2.24, 2.45) is 0 Å². The minimum atomic E-state index is 0.151. The maximum atomic E-state index is 11.2. The van der Waals surface area contributed by atoms with Crippen LogP contribution < -0.4 is 10.6 Å². The van der Waals surface area contributed by atoms with Crippen LogP contribution in [0.3, 0.4) is 0 Å². The summed E-state index contributed by atoms with van der Waals surface area (Å²) in [7, 11) is 0. The number of benzene rings is 1. The van der Waals surface area contributed by atoms with E-state index < -0.39 is 0 Å². The molecule has 1 atom stereocenters. The van der Waals surface area contributed by atoms with Crippen molar-refractivity contribution in [1.29, 1.82) is 0 Å². The van der Waals surface area contributed by atoms with E-state index in [2.05, 4.69) is 10.6 Å². The van der Waals surface area contributed by atoms with Gasteiger partial charge in [-0.15, -0.1) is 0 Å². The lowest BCUT2D eigenvalue weighted by atomic mass is 10.0. The van der Waals surface area contributed by atoms with E-state index in [0.29, 0.717) is 23.0 Å². The van der Waals surface area contributed by atoms with E-state index in [9.17, 15) is 4.79 Å². The quantitative estimate of drug-likeness (QED) is 0.894. The molecule has 1 fully saturated rings. The van der Waals surface area contributed by atoms with Crippen molar-refractivity contribution in [2.75, 3.05) is 6.54 Å². The monoisotopic (exact) mass is 286 g/mol. The SMILES string of the molecule is O=C1CCC[C@H](CNCc2ccc(Cl)cc2Cl)N1. The molecule has 1 aromatic rings. The van der Waals surface area contributed by atoms with Gasteiger partial charge in [0.05, 0.1) is 0 Å². The molecule has 2 N–H and O–H groups in total. The molecule has 1 amide bonds. The molecular formula is C13H16Cl2N2O. The Morgan fingerprint density at radius 3 is 2.94 bits per heavy atom. The van der Waals surface area contributed by atoms with Crippen LogP contribution in [0.2, 0.25) is 10.0 Å². The van der Waals surface area contributed by atoms with Crippen molar-refractivity contribution in [3.63, 3.8) is 0 Å². The fourth-order valence-electron chi connectivity index (χ4n) is 2.08. The molecule has 0 radical (unpaired) electrons. The maximum Gasteiger partial charge on any atom is 0.220 e. The molecule has 3 nitrogen and oxygen atoms in total. The average Bonchev–Trinajstić information content (AvgIpc) is 2.32. The highest BCUT2D eigenvalue weighted by molar-refractivity contribution is 6.35. The number of piperidine rings is 1. The van der Waals surface area contributed by atoms with Gasteiger partial charge in [0, 0.05) is 35.6 Å². The summed E-state index contributed by atoms with van der Waals surface area (Å²) >= 11 is 11.9. The summed E-state index contributed by atoms with van der Waals surface area (Å²) in [6, 6.07) is 5.71. The largest absolute Gasteiger partial charge is 0.352 e. The fourth-order valence-corrected chi connectivity index (χ4v) is 2.56. The predicted molar refractivity (Wildman–Crippen MR) is 74.0 cm³/mol. The van der Waals surface area contributed by atoms with Crippen molar-refractivity contribution in [3.8, 4) is 0 Å². The Hall–Kier alpha value is -0.770. The molecule has 0 saturated carbocycles. The Labute approximate surface area is 117 Å². The molecule has 1 heterocycles. The Kier molecular flexibility index (Phi) is 4.87. The molecule has 0 bridgehead atoms. The van der Waals surface area contributed by atoms with Crippen molar-refractivity contribution in [1.82, 2.24) is 10.6 Å². The molecule has 1 saturated heterocycles. The van der Waals surface area contributed by atoms with Gasteiger partial charge in [-0.2, -0.15) is 0 Å².